The van der Waals surface area contributed by atoms with Crippen molar-refractivity contribution in [2.75, 3.05) is 32.1 Å². The highest BCUT2D eigenvalue weighted by Crippen LogP contribution is 1.98. The molecule has 1 rings (SSSR count). The first-order valence-electron chi connectivity index (χ1n) is 8.00. The van der Waals surface area contributed by atoms with Gasteiger partial charge in [-0.3, -0.25) is 9.79 Å². The lowest BCUT2D eigenvalue weighted by Crippen LogP contribution is -2.39. The average molecular weight is 337 g/mol. The molecule has 0 fully saturated rings. The van der Waals surface area contributed by atoms with Crippen LogP contribution in [0.2, 0.25) is 0 Å². The second-order valence-electron chi connectivity index (χ2n) is 5.14. The van der Waals surface area contributed by atoms with Gasteiger partial charge < -0.3 is 16.0 Å². The van der Waals surface area contributed by atoms with Crippen LogP contribution in [0.15, 0.2) is 35.3 Å². The highest BCUT2D eigenvalue weighted by atomic mass is 32.2. The Kier molecular flexibility index (Phi) is 10.8. The fraction of sp³-hybridized carbons (Fsp3) is 0.529. The summed E-state index contributed by atoms with van der Waals surface area (Å²) in [6.07, 6.45) is 4.88. The van der Waals surface area contributed by atoms with E-state index in [0.717, 1.165) is 24.5 Å². The van der Waals surface area contributed by atoms with Crippen molar-refractivity contribution in [3.63, 3.8) is 0 Å². The Morgan fingerprint density at radius 3 is 2.52 bits per heavy atom. The van der Waals surface area contributed by atoms with Gasteiger partial charge in [-0.25, -0.2) is 0 Å². The summed E-state index contributed by atoms with van der Waals surface area (Å²) in [6, 6.07) is 9.91. The molecule has 0 spiro atoms. The normalized spacial score (nSPS) is 11.1. The maximum Gasteiger partial charge on any atom is 0.222 e. The van der Waals surface area contributed by atoms with E-state index in [1.54, 1.807) is 7.05 Å². The maximum atomic E-state index is 11.8. The van der Waals surface area contributed by atoms with Crippen molar-refractivity contribution in [3.8, 4) is 0 Å². The number of carbonyl (C=O) groups is 1. The molecule has 0 aliphatic rings. The Morgan fingerprint density at radius 1 is 1.09 bits per heavy atom. The number of unbranched alkanes of at least 4 members (excludes halogenated alkanes) is 1. The van der Waals surface area contributed by atoms with Crippen molar-refractivity contribution < 1.29 is 4.79 Å². The van der Waals surface area contributed by atoms with Crippen molar-refractivity contribution >= 4 is 23.6 Å². The van der Waals surface area contributed by atoms with Crippen LogP contribution in [0.5, 0.6) is 0 Å². The van der Waals surface area contributed by atoms with Crippen LogP contribution in [0.4, 0.5) is 0 Å². The fourth-order valence-electron chi connectivity index (χ4n) is 1.98. The van der Waals surface area contributed by atoms with E-state index in [4.69, 9.17) is 0 Å². The predicted octanol–water partition coefficient (Wildman–Crippen LogP) is 2.00. The minimum Gasteiger partial charge on any atom is -0.356 e. The second-order valence-corrected chi connectivity index (χ2v) is 6.12. The molecular formula is C17H28N4OS. The number of thioether (sulfide) groups is 1. The molecule has 3 N–H and O–H groups in total. The number of rotatable bonds is 10. The van der Waals surface area contributed by atoms with Crippen LogP contribution in [-0.2, 0) is 11.3 Å². The van der Waals surface area contributed by atoms with E-state index in [0.29, 0.717) is 19.5 Å². The third-order valence-corrected chi connectivity index (χ3v) is 3.97. The average Bonchev–Trinajstić information content (AvgIpc) is 2.59. The summed E-state index contributed by atoms with van der Waals surface area (Å²) in [7, 11) is 1.74. The Labute approximate surface area is 143 Å². The van der Waals surface area contributed by atoms with Gasteiger partial charge in [0.25, 0.3) is 0 Å². The molecule has 0 aliphatic carbocycles. The molecule has 0 atom stereocenters. The number of benzene rings is 1. The summed E-state index contributed by atoms with van der Waals surface area (Å²) in [4.78, 5) is 16.0. The quantitative estimate of drug-likeness (QED) is 0.347. The topological polar surface area (TPSA) is 65.5 Å². The van der Waals surface area contributed by atoms with Gasteiger partial charge in [0.15, 0.2) is 5.96 Å². The Morgan fingerprint density at radius 2 is 1.83 bits per heavy atom. The van der Waals surface area contributed by atoms with E-state index >= 15 is 0 Å². The molecule has 1 amide bonds. The number of amides is 1. The lowest BCUT2D eigenvalue weighted by Gasteiger charge is -2.11. The summed E-state index contributed by atoms with van der Waals surface area (Å²) >= 11 is 1.87. The number of nitrogens with one attached hydrogen (secondary N) is 3. The van der Waals surface area contributed by atoms with Gasteiger partial charge in [-0.2, -0.15) is 11.8 Å². The fourth-order valence-corrected chi connectivity index (χ4v) is 2.47. The SMILES string of the molecule is CN=C(NCCCCSC)NCCC(=O)NCc1ccccc1. The molecule has 128 valence electrons. The zero-order chi connectivity index (χ0) is 16.8. The third-order valence-electron chi connectivity index (χ3n) is 3.27. The Hall–Kier alpha value is -1.69. The molecule has 1 aromatic carbocycles. The molecule has 1 aromatic rings. The first kappa shape index (κ1) is 19.4. The second kappa shape index (κ2) is 12.8. The van der Waals surface area contributed by atoms with Crippen LogP contribution in [0.3, 0.4) is 0 Å². The van der Waals surface area contributed by atoms with Gasteiger partial charge in [0, 0.05) is 33.1 Å². The van der Waals surface area contributed by atoms with E-state index < -0.39 is 0 Å². The standard InChI is InChI=1S/C17H28N4OS/c1-18-17(19-11-6-7-13-23-2)20-12-10-16(22)21-14-15-8-4-3-5-9-15/h3-5,8-9H,6-7,10-14H2,1-2H3,(H,21,22)(H2,18,19,20). The predicted molar refractivity (Wildman–Crippen MR) is 99.9 cm³/mol. The van der Waals surface area contributed by atoms with E-state index in [9.17, 15) is 4.79 Å². The molecule has 0 aliphatic heterocycles. The Bertz CT molecular complexity index is 465. The van der Waals surface area contributed by atoms with Gasteiger partial charge in [0.1, 0.15) is 0 Å². The zero-order valence-electron chi connectivity index (χ0n) is 14.1. The highest BCUT2D eigenvalue weighted by molar-refractivity contribution is 7.98. The van der Waals surface area contributed by atoms with Crippen molar-refractivity contribution in [3.05, 3.63) is 35.9 Å². The number of guanidine groups is 1. The van der Waals surface area contributed by atoms with Gasteiger partial charge in [-0.1, -0.05) is 30.3 Å². The molecule has 5 nitrogen and oxygen atoms in total. The van der Waals surface area contributed by atoms with E-state index in [-0.39, 0.29) is 5.91 Å². The van der Waals surface area contributed by atoms with Gasteiger partial charge in [-0.15, -0.1) is 0 Å². The van der Waals surface area contributed by atoms with Crippen LogP contribution in [0, 0.1) is 0 Å². The Balaban J connectivity index is 2.10. The minimum absolute atomic E-state index is 0.0387. The van der Waals surface area contributed by atoms with Gasteiger partial charge in [-0.05, 0) is 30.4 Å². The molecule has 0 bridgehead atoms. The lowest BCUT2D eigenvalue weighted by atomic mass is 10.2. The van der Waals surface area contributed by atoms with Gasteiger partial charge in [0.05, 0.1) is 0 Å². The van der Waals surface area contributed by atoms with Crippen LogP contribution >= 0.6 is 11.8 Å². The minimum atomic E-state index is 0.0387. The van der Waals surface area contributed by atoms with Crippen LogP contribution < -0.4 is 16.0 Å². The molecular weight excluding hydrogens is 308 g/mol. The number of hydrogen-bond donors (Lipinski definition) is 3. The smallest absolute Gasteiger partial charge is 0.222 e. The molecule has 0 aromatic heterocycles. The largest absolute Gasteiger partial charge is 0.356 e. The maximum absolute atomic E-state index is 11.8. The first-order chi connectivity index (χ1) is 11.3. The number of hydrogen-bond acceptors (Lipinski definition) is 3. The summed E-state index contributed by atoms with van der Waals surface area (Å²) < 4.78 is 0. The molecule has 23 heavy (non-hydrogen) atoms. The molecule has 6 heteroatoms. The monoisotopic (exact) mass is 336 g/mol. The first-order valence-corrected chi connectivity index (χ1v) is 9.39. The van der Waals surface area contributed by atoms with Crippen molar-refractivity contribution in [1.29, 1.82) is 0 Å². The molecule has 0 unspecified atom stereocenters. The summed E-state index contributed by atoms with van der Waals surface area (Å²) in [5.74, 6) is 1.98. The summed E-state index contributed by atoms with van der Waals surface area (Å²) in [5.41, 5.74) is 1.11. The van der Waals surface area contributed by atoms with Crippen molar-refractivity contribution in [2.45, 2.75) is 25.8 Å². The summed E-state index contributed by atoms with van der Waals surface area (Å²) in [6.45, 7) is 2.05. The highest BCUT2D eigenvalue weighted by Gasteiger charge is 2.02. The van der Waals surface area contributed by atoms with Crippen LogP contribution in [0.1, 0.15) is 24.8 Å². The zero-order valence-corrected chi connectivity index (χ0v) is 14.9. The molecule has 0 saturated heterocycles. The molecule has 0 saturated carbocycles. The van der Waals surface area contributed by atoms with Crippen LogP contribution in [-0.4, -0.2) is 44.0 Å². The molecule has 0 heterocycles. The van der Waals surface area contributed by atoms with Crippen LogP contribution in [0.25, 0.3) is 0 Å². The van der Waals surface area contributed by atoms with Crippen molar-refractivity contribution in [1.82, 2.24) is 16.0 Å². The van der Waals surface area contributed by atoms with Gasteiger partial charge in [0.2, 0.25) is 5.91 Å². The number of aliphatic imine (C=N–C) groups is 1. The van der Waals surface area contributed by atoms with E-state index in [1.807, 2.05) is 42.1 Å². The lowest BCUT2D eigenvalue weighted by molar-refractivity contribution is -0.121. The third kappa shape index (κ3) is 9.84. The molecule has 0 radical (unpaired) electrons. The number of nitrogens with zero attached hydrogens (tertiary/aromatic N) is 1. The number of carbonyl (C=O) groups excluding carboxylic acids is 1. The van der Waals surface area contributed by atoms with Crippen molar-refractivity contribution in [2.24, 2.45) is 4.99 Å². The van der Waals surface area contributed by atoms with E-state index in [1.165, 1.54) is 12.2 Å². The summed E-state index contributed by atoms with van der Waals surface area (Å²) in [5, 5.41) is 9.34. The van der Waals surface area contributed by atoms with E-state index in [2.05, 4.69) is 27.2 Å². The van der Waals surface area contributed by atoms with Gasteiger partial charge >= 0.3 is 0 Å².